The molecule has 0 atom stereocenters. The van der Waals surface area contributed by atoms with Gasteiger partial charge in [0.2, 0.25) is 0 Å². The lowest BCUT2D eigenvalue weighted by Crippen LogP contribution is -2.21. The number of Topliss-reactive ketones (excluding diaryl/α,β-unsaturated/α-hetero) is 1. The largest absolute Gasteiger partial charge is 0.496 e. The number of ether oxygens (including phenoxy) is 3. The van der Waals surface area contributed by atoms with Crippen molar-refractivity contribution in [2.45, 2.75) is 6.61 Å². The number of likely N-dealkylation sites (N-methyl/N-ethyl adjacent to an activating group) is 1. The number of rotatable bonds is 7. The SMILES string of the molecule is CNCC(=O)c1c(OC)ccc(OC)c1COC. The second-order valence-corrected chi connectivity index (χ2v) is 3.71. The number of nitrogens with one attached hydrogen (secondary N) is 1. The van der Waals surface area contributed by atoms with Gasteiger partial charge in [0.05, 0.1) is 32.9 Å². The Morgan fingerprint density at radius 1 is 1.17 bits per heavy atom. The Morgan fingerprint density at radius 2 is 1.78 bits per heavy atom. The fourth-order valence-corrected chi connectivity index (χ4v) is 1.81. The summed E-state index contributed by atoms with van der Waals surface area (Å²) < 4.78 is 15.6. The number of carbonyl (C=O) groups excluding carboxylic acids is 1. The van der Waals surface area contributed by atoms with Gasteiger partial charge >= 0.3 is 0 Å². The lowest BCUT2D eigenvalue weighted by Gasteiger charge is -2.16. The van der Waals surface area contributed by atoms with E-state index in [-0.39, 0.29) is 12.3 Å². The predicted molar refractivity (Wildman–Crippen MR) is 68.5 cm³/mol. The Hall–Kier alpha value is -1.59. The zero-order valence-electron chi connectivity index (χ0n) is 11.2. The molecule has 0 spiro atoms. The summed E-state index contributed by atoms with van der Waals surface area (Å²) in [5.74, 6) is 1.10. The summed E-state index contributed by atoms with van der Waals surface area (Å²) in [6, 6.07) is 3.49. The van der Waals surface area contributed by atoms with E-state index in [0.717, 1.165) is 0 Å². The van der Waals surface area contributed by atoms with Gasteiger partial charge in [-0.05, 0) is 19.2 Å². The molecular weight excluding hydrogens is 234 g/mol. The van der Waals surface area contributed by atoms with Crippen LogP contribution in [-0.4, -0.2) is 40.7 Å². The Morgan fingerprint density at radius 3 is 2.28 bits per heavy atom. The molecule has 5 heteroatoms. The molecule has 0 aliphatic rings. The average Bonchev–Trinajstić information content (AvgIpc) is 2.38. The molecule has 1 aromatic carbocycles. The molecule has 0 unspecified atom stereocenters. The molecule has 0 amide bonds. The van der Waals surface area contributed by atoms with Crippen LogP contribution in [0.15, 0.2) is 12.1 Å². The fourth-order valence-electron chi connectivity index (χ4n) is 1.81. The second kappa shape index (κ2) is 6.98. The molecule has 5 nitrogen and oxygen atoms in total. The van der Waals surface area contributed by atoms with Crippen LogP contribution in [0.1, 0.15) is 15.9 Å². The van der Waals surface area contributed by atoms with Crippen LogP contribution >= 0.6 is 0 Å². The Kier molecular flexibility index (Phi) is 5.61. The van der Waals surface area contributed by atoms with Crippen LogP contribution in [0.4, 0.5) is 0 Å². The summed E-state index contributed by atoms with van der Waals surface area (Å²) in [6.07, 6.45) is 0. The maximum atomic E-state index is 12.1. The van der Waals surface area contributed by atoms with E-state index in [1.165, 1.54) is 7.11 Å². The normalized spacial score (nSPS) is 10.2. The second-order valence-electron chi connectivity index (χ2n) is 3.71. The highest BCUT2D eigenvalue weighted by Crippen LogP contribution is 2.31. The van der Waals surface area contributed by atoms with Crippen molar-refractivity contribution in [2.24, 2.45) is 0 Å². The molecule has 100 valence electrons. The van der Waals surface area contributed by atoms with Gasteiger partial charge in [0.25, 0.3) is 0 Å². The number of benzene rings is 1. The van der Waals surface area contributed by atoms with E-state index < -0.39 is 0 Å². The van der Waals surface area contributed by atoms with Crippen molar-refractivity contribution in [1.82, 2.24) is 5.32 Å². The van der Waals surface area contributed by atoms with Crippen LogP contribution in [0, 0.1) is 0 Å². The summed E-state index contributed by atoms with van der Waals surface area (Å²) in [5.41, 5.74) is 1.22. The van der Waals surface area contributed by atoms with E-state index in [4.69, 9.17) is 14.2 Å². The van der Waals surface area contributed by atoms with Gasteiger partial charge in [-0.3, -0.25) is 4.79 Å². The van der Waals surface area contributed by atoms with E-state index in [0.29, 0.717) is 29.2 Å². The molecule has 1 N–H and O–H groups in total. The van der Waals surface area contributed by atoms with Crippen LogP contribution in [0.25, 0.3) is 0 Å². The number of carbonyl (C=O) groups is 1. The van der Waals surface area contributed by atoms with Crippen LogP contribution < -0.4 is 14.8 Å². The topological polar surface area (TPSA) is 56.8 Å². The van der Waals surface area contributed by atoms with Gasteiger partial charge in [-0.1, -0.05) is 0 Å². The smallest absolute Gasteiger partial charge is 0.180 e. The zero-order valence-corrected chi connectivity index (χ0v) is 11.2. The standard InChI is InChI=1S/C13H19NO4/c1-14-7-10(15)13-9(8-16-2)11(17-3)5-6-12(13)18-4/h5-6,14H,7-8H2,1-4H3. The Balaban J connectivity index is 3.34. The molecule has 0 fully saturated rings. The zero-order chi connectivity index (χ0) is 13.5. The van der Waals surface area contributed by atoms with Crippen molar-refractivity contribution in [2.75, 3.05) is 34.9 Å². The molecule has 0 aliphatic heterocycles. The summed E-state index contributed by atoms with van der Waals surface area (Å²) in [6.45, 7) is 0.533. The van der Waals surface area contributed by atoms with Gasteiger partial charge in [0.1, 0.15) is 11.5 Å². The molecule has 1 aromatic rings. The maximum absolute atomic E-state index is 12.1. The van der Waals surface area contributed by atoms with Crippen molar-refractivity contribution in [3.05, 3.63) is 23.3 Å². The first kappa shape index (κ1) is 14.5. The summed E-state index contributed by atoms with van der Waals surface area (Å²) in [5, 5.41) is 2.84. The third-order valence-corrected chi connectivity index (χ3v) is 2.58. The van der Waals surface area contributed by atoms with Gasteiger partial charge in [-0.2, -0.15) is 0 Å². The van der Waals surface area contributed by atoms with Crippen LogP contribution in [0.2, 0.25) is 0 Å². The average molecular weight is 253 g/mol. The molecule has 18 heavy (non-hydrogen) atoms. The molecule has 1 rings (SSSR count). The molecule has 0 radical (unpaired) electrons. The van der Waals surface area contributed by atoms with Crippen molar-refractivity contribution in [3.63, 3.8) is 0 Å². The summed E-state index contributed by atoms with van der Waals surface area (Å²) in [7, 11) is 6.40. The first-order valence-electron chi connectivity index (χ1n) is 5.60. The maximum Gasteiger partial charge on any atom is 0.180 e. The summed E-state index contributed by atoms with van der Waals surface area (Å²) >= 11 is 0. The number of hydrogen-bond donors (Lipinski definition) is 1. The number of methoxy groups -OCH3 is 3. The first-order chi connectivity index (χ1) is 8.69. The molecule has 0 aliphatic carbocycles. The minimum absolute atomic E-state index is 0.0553. The minimum Gasteiger partial charge on any atom is -0.496 e. The molecule has 0 saturated heterocycles. The highest BCUT2D eigenvalue weighted by molar-refractivity contribution is 6.02. The van der Waals surface area contributed by atoms with Crippen molar-refractivity contribution >= 4 is 5.78 Å². The summed E-state index contributed by atoms with van der Waals surface area (Å²) in [4.78, 5) is 12.1. The minimum atomic E-state index is -0.0553. The monoisotopic (exact) mass is 253 g/mol. The van der Waals surface area contributed by atoms with Crippen molar-refractivity contribution < 1.29 is 19.0 Å². The lowest BCUT2D eigenvalue weighted by atomic mass is 10.0. The molecule has 0 aromatic heterocycles. The quantitative estimate of drug-likeness (QED) is 0.741. The van der Waals surface area contributed by atoms with Gasteiger partial charge in [-0.15, -0.1) is 0 Å². The lowest BCUT2D eigenvalue weighted by molar-refractivity contribution is 0.0984. The van der Waals surface area contributed by atoms with Gasteiger partial charge in [0, 0.05) is 12.7 Å². The van der Waals surface area contributed by atoms with Gasteiger partial charge in [-0.25, -0.2) is 0 Å². The number of ketones is 1. The number of hydrogen-bond acceptors (Lipinski definition) is 5. The van der Waals surface area contributed by atoms with Gasteiger partial charge < -0.3 is 19.5 Å². The van der Waals surface area contributed by atoms with E-state index in [2.05, 4.69) is 5.32 Å². The Labute approximate surface area is 107 Å². The van der Waals surface area contributed by atoms with Gasteiger partial charge in [0.15, 0.2) is 5.78 Å². The van der Waals surface area contributed by atoms with E-state index in [1.54, 1.807) is 33.4 Å². The Bertz CT molecular complexity index is 418. The van der Waals surface area contributed by atoms with Crippen LogP contribution in [0.3, 0.4) is 0 Å². The van der Waals surface area contributed by atoms with E-state index in [9.17, 15) is 4.79 Å². The van der Waals surface area contributed by atoms with E-state index in [1.807, 2.05) is 0 Å². The van der Waals surface area contributed by atoms with Crippen LogP contribution in [0.5, 0.6) is 11.5 Å². The fraction of sp³-hybridized carbons (Fsp3) is 0.462. The molecule has 0 bridgehead atoms. The molecule has 0 saturated carbocycles. The predicted octanol–water partition coefficient (Wildman–Crippen LogP) is 1.25. The third kappa shape index (κ3) is 3.00. The molecule has 0 heterocycles. The van der Waals surface area contributed by atoms with Crippen molar-refractivity contribution in [1.29, 1.82) is 0 Å². The van der Waals surface area contributed by atoms with E-state index >= 15 is 0 Å². The van der Waals surface area contributed by atoms with Crippen molar-refractivity contribution in [3.8, 4) is 11.5 Å². The first-order valence-corrected chi connectivity index (χ1v) is 5.60. The third-order valence-electron chi connectivity index (χ3n) is 2.58. The highest BCUT2D eigenvalue weighted by atomic mass is 16.5. The highest BCUT2D eigenvalue weighted by Gasteiger charge is 2.20. The molecular formula is C13H19NO4. The van der Waals surface area contributed by atoms with Crippen LogP contribution in [-0.2, 0) is 11.3 Å².